The third-order valence-corrected chi connectivity index (χ3v) is 3.40. The number of nitrogens with zero attached hydrogens (tertiary/aromatic N) is 2. The van der Waals surface area contributed by atoms with Gasteiger partial charge in [-0.2, -0.15) is 5.10 Å². The van der Waals surface area contributed by atoms with E-state index in [9.17, 15) is 0 Å². The van der Waals surface area contributed by atoms with Gasteiger partial charge in [-0.3, -0.25) is 0 Å². The minimum absolute atomic E-state index is 0.458. The number of benzene rings is 1. The summed E-state index contributed by atoms with van der Waals surface area (Å²) in [6.45, 7) is 3.81. The highest BCUT2D eigenvalue weighted by molar-refractivity contribution is 9.10. The quantitative estimate of drug-likeness (QED) is 0.773. The molecule has 0 aliphatic rings. The molecule has 0 saturated heterocycles. The van der Waals surface area contributed by atoms with Gasteiger partial charge in [0.15, 0.2) is 0 Å². The van der Waals surface area contributed by atoms with E-state index < -0.39 is 0 Å². The van der Waals surface area contributed by atoms with Crippen LogP contribution in [-0.4, -0.2) is 23.9 Å². The van der Waals surface area contributed by atoms with Crippen molar-refractivity contribution in [2.45, 2.75) is 19.9 Å². The first-order valence-electron chi connectivity index (χ1n) is 6.77. The Hall–Kier alpha value is -1.66. The Kier molecular flexibility index (Phi) is 5.95. The van der Waals surface area contributed by atoms with Gasteiger partial charge in [0.25, 0.3) is 0 Å². The molecule has 0 atom stereocenters. The summed E-state index contributed by atoms with van der Waals surface area (Å²) in [6, 6.07) is 9.21. The predicted octanol–water partition coefficient (Wildman–Crippen LogP) is 3.54. The monoisotopic (exact) mass is 351 g/mol. The molecule has 6 heteroatoms. The molecule has 0 unspecified atom stereocenters. The van der Waals surface area contributed by atoms with Crippen LogP contribution in [0.25, 0.3) is 0 Å². The van der Waals surface area contributed by atoms with Crippen LogP contribution in [-0.2, 0) is 6.54 Å². The minimum Gasteiger partial charge on any atom is -0.497 e. The molecule has 0 aliphatic heterocycles. The number of hydrogen-bond acceptors (Lipinski definition) is 5. The Balaban J connectivity index is 1.99. The van der Waals surface area contributed by atoms with Gasteiger partial charge in [0, 0.05) is 12.6 Å². The molecule has 1 aromatic carbocycles. The second-order valence-corrected chi connectivity index (χ2v) is 5.29. The molecule has 0 fully saturated rings. The van der Waals surface area contributed by atoms with Crippen LogP contribution < -0.4 is 14.8 Å². The maximum atomic E-state index is 5.69. The number of methoxy groups -OCH3 is 1. The molecular formula is C15H18BrN3O2. The number of nitrogens with one attached hydrogen (secondary N) is 1. The van der Waals surface area contributed by atoms with Crippen LogP contribution in [0.4, 0.5) is 0 Å². The lowest BCUT2D eigenvalue weighted by atomic mass is 10.3. The van der Waals surface area contributed by atoms with Gasteiger partial charge in [-0.15, -0.1) is 5.10 Å². The van der Waals surface area contributed by atoms with Crippen molar-refractivity contribution in [1.82, 2.24) is 15.5 Å². The molecule has 1 heterocycles. The lowest BCUT2D eigenvalue weighted by Crippen LogP contribution is -2.15. The van der Waals surface area contributed by atoms with Crippen LogP contribution in [0.5, 0.6) is 17.4 Å². The summed E-state index contributed by atoms with van der Waals surface area (Å²) in [5.74, 6) is 1.89. The number of rotatable bonds is 7. The Bertz CT molecular complexity index is 576. The van der Waals surface area contributed by atoms with Crippen LogP contribution in [0.2, 0.25) is 0 Å². The SMILES string of the molecule is CCCNCc1ccc(Oc2ccc(OC)cc2Br)nn1. The minimum atomic E-state index is 0.458. The maximum absolute atomic E-state index is 5.69. The van der Waals surface area contributed by atoms with Gasteiger partial charge >= 0.3 is 0 Å². The van der Waals surface area contributed by atoms with Crippen molar-refractivity contribution in [2.24, 2.45) is 0 Å². The van der Waals surface area contributed by atoms with Crippen molar-refractivity contribution >= 4 is 15.9 Å². The van der Waals surface area contributed by atoms with E-state index in [1.807, 2.05) is 30.3 Å². The zero-order valence-electron chi connectivity index (χ0n) is 12.1. The van der Waals surface area contributed by atoms with E-state index in [-0.39, 0.29) is 0 Å². The molecule has 0 bridgehead atoms. The summed E-state index contributed by atoms with van der Waals surface area (Å²) < 4.78 is 11.6. The van der Waals surface area contributed by atoms with Crippen molar-refractivity contribution < 1.29 is 9.47 Å². The normalized spacial score (nSPS) is 10.4. The first-order valence-corrected chi connectivity index (χ1v) is 7.57. The summed E-state index contributed by atoms with van der Waals surface area (Å²) in [6.07, 6.45) is 1.10. The molecule has 1 aromatic heterocycles. The van der Waals surface area contributed by atoms with Gasteiger partial charge in [0.1, 0.15) is 11.5 Å². The average Bonchev–Trinajstić information content (AvgIpc) is 2.51. The van der Waals surface area contributed by atoms with E-state index >= 15 is 0 Å². The molecule has 0 saturated carbocycles. The van der Waals surface area contributed by atoms with E-state index in [2.05, 4.69) is 38.4 Å². The number of aromatic nitrogens is 2. The summed E-state index contributed by atoms with van der Waals surface area (Å²) in [5, 5.41) is 11.5. The highest BCUT2D eigenvalue weighted by Crippen LogP contribution is 2.31. The van der Waals surface area contributed by atoms with Gasteiger partial charge in [-0.25, -0.2) is 0 Å². The summed E-state index contributed by atoms with van der Waals surface area (Å²) in [4.78, 5) is 0. The fraction of sp³-hybridized carbons (Fsp3) is 0.333. The van der Waals surface area contributed by atoms with Crippen molar-refractivity contribution in [3.8, 4) is 17.4 Å². The highest BCUT2D eigenvalue weighted by Gasteiger charge is 2.06. The zero-order valence-corrected chi connectivity index (χ0v) is 13.7. The molecule has 0 amide bonds. The van der Waals surface area contributed by atoms with Gasteiger partial charge in [-0.1, -0.05) is 6.92 Å². The van der Waals surface area contributed by atoms with Gasteiger partial charge < -0.3 is 14.8 Å². The van der Waals surface area contributed by atoms with Crippen LogP contribution >= 0.6 is 15.9 Å². The molecule has 2 aromatic rings. The molecule has 2 rings (SSSR count). The average molecular weight is 352 g/mol. The van der Waals surface area contributed by atoms with E-state index in [4.69, 9.17) is 9.47 Å². The highest BCUT2D eigenvalue weighted by atomic mass is 79.9. The Morgan fingerprint density at radius 2 is 2.05 bits per heavy atom. The fourth-order valence-corrected chi connectivity index (χ4v) is 2.13. The van der Waals surface area contributed by atoms with Crippen LogP contribution in [0.15, 0.2) is 34.8 Å². The summed E-state index contributed by atoms with van der Waals surface area (Å²) >= 11 is 3.44. The molecule has 0 radical (unpaired) electrons. The number of halogens is 1. The summed E-state index contributed by atoms with van der Waals surface area (Å²) in [7, 11) is 1.62. The lowest BCUT2D eigenvalue weighted by Gasteiger charge is -2.08. The number of hydrogen-bond donors (Lipinski definition) is 1. The zero-order chi connectivity index (χ0) is 15.1. The first kappa shape index (κ1) is 15.7. The van der Waals surface area contributed by atoms with Crippen molar-refractivity contribution in [2.75, 3.05) is 13.7 Å². The molecule has 1 N–H and O–H groups in total. The van der Waals surface area contributed by atoms with Crippen molar-refractivity contribution in [1.29, 1.82) is 0 Å². The maximum Gasteiger partial charge on any atom is 0.238 e. The van der Waals surface area contributed by atoms with Crippen LogP contribution in [0.1, 0.15) is 19.0 Å². The molecular weight excluding hydrogens is 334 g/mol. The van der Waals surface area contributed by atoms with Gasteiger partial charge in [-0.05, 0) is 53.2 Å². The standard InChI is InChI=1S/C15H18BrN3O2/c1-3-8-17-10-11-4-7-15(19-18-11)21-14-6-5-12(20-2)9-13(14)16/h4-7,9,17H,3,8,10H2,1-2H3. The largest absolute Gasteiger partial charge is 0.497 e. The van der Waals surface area contributed by atoms with Crippen LogP contribution in [0.3, 0.4) is 0 Å². The smallest absolute Gasteiger partial charge is 0.238 e. The predicted molar refractivity (Wildman–Crippen MR) is 84.8 cm³/mol. The third kappa shape index (κ3) is 4.68. The molecule has 5 nitrogen and oxygen atoms in total. The van der Waals surface area contributed by atoms with E-state index in [0.717, 1.165) is 28.9 Å². The van der Waals surface area contributed by atoms with Crippen LogP contribution in [0, 0.1) is 0 Å². The summed E-state index contributed by atoms with van der Waals surface area (Å²) in [5.41, 5.74) is 0.893. The Morgan fingerprint density at radius 3 is 2.67 bits per heavy atom. The van der Waals surface area contributed by atoms with E-state index in [1.165, 1.54) is 0 Å². The van der Waals surface area contributed by atoms with Crippen molar-refractivity contribution in [3.05, 3.63) is 40.5 Å². The number of ether oxygens (including phenoxy) is 2. The molecule has 0 spiro atoms. The Morgan fingerprint density at radius 1 is 1.19 bits per heavy atom. The van der Waals surface area contributed by atoms with E-state index in [1.54, 1.807) is 7.11 Å². The first-order chi connectivity index (χ1) is 10.2. The Labute approximate surface area is 132 Å². The van der Waals surface area contributed by atoms with Gasteiger partial charge in [0.05, 0.1) is 17.3 Å². The van der Waals surface area contributed by atoms with Gasteiger partial charge in [0.2, 0.25) is 5.88 Å². The second-order valence-electron chi connectivity index (χ2n) is 4.44. The van der Waals surface area contributed by atoms with Crippen molar-refractivity contribution in [3.63, 3.8) is 0 Å². The second kappa shape index (κ2) is 7.95. The molecule has 21 heavy (non-hydrogen) atoms. The lowest BCUT2D eigenvalue weighted by molar-refractivity contribution is 0.411. The third-order valence-electron chi connectivity index (χ3n) is 2.78. The molecule has 112 valence electrons. The fourth-order valence-electron chi connectivity index (χ4n) is 1.69. The molecule has 0 aliphatic carbocycles. The van der Waals surface area contributed by atoms with E-state index in [0.29, 0.717) is 18.2 Å². The topological polar surface area (TPSA) is 56.3 Å².